The lowest BCUT2D eigenvalue weighted by molar-refractivity contribution is 0.266. The molecule has 2 atom stereocenters. The smallest absolute Gasteiger partial charge is 0.122 e. The SMILES string of the molecule is ClC1C=C(CC2CCOc3ccccc32)CCC1. The molecule has 1 aliphatic heterocycles. The maximum absolute atomic E-state index is 6.23. The average molecular weight is 263 g/mol. The van der Waals surface area contributed by atoms with E-state index < -0.39 is 0 Å². The predicted molar refractivity (Wildman–Crippen MR) is 75.5 cm³/mol. The molecule has 1 heterocycles. The fourth-order valence-electron chi connectivity index (χ4n) is 3.06. The number of benzene rings is 1. The quantitative estimate of drug-likeness (QED) is 0.556. The van der Waals surface area contributed by atoms with Gasteiger partial charge in [0.05, 0.1) is 12.0 Å². The van der Waals surface area contributed by atoms with Gasteiger partial charge in [-0.15, -0.1) is 11.6 Å². The minimum Gasteiger partial charge on any atom is -0.493 e. The first-order valence-electron chi connectivity index (χ1n) is 6.88. The van der Waals surface area contributed by atoms with Crippen molar-refractivity contribution >= 4 is 11.6 Å². The molecule has 0 amide bonds. The zero-order chi connectivity index (χ0) is 12.4. The van der Waals surface area contributed by atoms with Crippen LogP contribution in [0.15, 0.2) is 35.9 Å². The first-order chi connectivity index (χ1) is 8.83. The Morgan fingerprint density at radius 3 is 3.00 bits per heavy atom. The molecule has 0 fully saturated rings. The third-order valence-electron chi connectivity index (χ3n) is 3.99. The number of ether oxygens (including phenoxy) is 1. The van der Waals surface area contributed by atoms with Crippen molar-refractivity contribution in [3.63, 3.8) is 0 Å². The molecule has 1 aromatic rings. The second kappa shape index (κ2) is 5.36. The normalized spacial score (nSPS) is 27.1. The van der Waals surface area contributed by atoms with Gasteiger partial charge in [-0.25, -0.2) is 0 Å². The van der Waals surface area contributed by atoms with Crippen LogP contribution < -0.4 is 4.74 Å². The summed E-state index contributed by atoms with van der Waals surface area (Å²) in [6.07, 6.45) is 8.16. The van der Waals surface area contributed by atoms with Crippen molar-refractivity contribution in [1.29, 1.82) is 0 Å². The van der Waals surface area contributed by atoms with E-state index in [-0.39, 0.29) is 5.38 Å². The fourth-order valence-corrected chi connectivity index (χ4v) is 3.39. The van der Waals surface area contributed by atoms with Crippen molar-refractivity contribution in [3.8, 4) is 5.75 Å². The van der Waals surface area contributed by atoms with Gasteiger partial charge >= 0.3 is 0 Å². The zero-order valence-electron chi connectivity index (χ0n) is 10.6. The van der Waals surface area contributed by atoms with Crippen molar-refractivity contribution in [2.45, 2.75) is 43.4 Å². The number of alkyl halides is 1. The molecule has 1 aliphatic carbocycles. The van der Waals surface area contributed by atoms with Crippen LogP contribution in [0.3, 0.4) is 0 Å². The molecule has 0 bridgehead atoms. The van der Waals surface area contributed by atoms with E-state index in [1.54, 1.807) is 5.57 Å². The summed E-state index contributed by atoms with van der Waals surface area (Å²) < 4.78 is 5.72. The molecule has 1 nitrogen and oxygen atoms in total. The fraction of sp³-hybridized carbons (Fsp3) is 0.500. The van der Waals surface area contributed by atoms with Crippen LogP contribution >= 0.6 is 11.6 Å². The first-order valence-corrected chi connectivity index (χ1v) is 7.32. The Hall–Kier alpha value is -0.950. The summed E-state index contributed by atoms with van der Waals surface area (Å²) in [5.74, 6) is 1.69. The highest BCUT2D eigenvalue weighted by atomic mass is 35.5. The Bertz CT molecular complexity index is 452. The van der Waals surface area contributed by atoms with Gasteiger partial charge in [0, 0.05) is 0 Å². The Balaban J connectivity index is 1.78. The van der Waals surface area contributed by atoms with Gasteiger partial charge in [-0.3, -0.25) is 0 Å². The van der Waals surface area contributed by atoms with E-state index in [1.807, 2.05) is 0 Å². The van der Waals surface area contributed by atoms with Gasteiger partial charge in [0.25, 0.3) is 0 Å². The lowest BCUT2D eigenvalue weighted by atomic mass is 9.84. The molecule has 18 heavy (non-hydrogen) atoms. The van der Waals surface area contributed by atoms with E-state index in [2.05, 4.69) is 30.3 Å². The Kier molecular flexibility index (Phi) is 3.60. The van der Waals surface area contributed by atoms with E-state index >= 15 is 0 Å². The molecule has 0 radical (unpaired) electrons. The molecule has 0 saturated carbocycles. The molecule has 3 rings (SSSR count). The summed E-state index contributed by atoms with van der Waals surface area (Å²) in [5, 5.41) is 0.254. The van der Waals surface area contributed by atoms with Crippen LogP contribution in [0.25, 0.3) is 0 Å². The zero-order valence-corrected chi connectivity index (χ0v) is 11.3. The third kappa shape index (κ3) is 2.56. The second-order valence-electron chi connectivity index (χ2n) is 5.31. The predicted octanol–water partition coefficient (Wildman–Crippen LogP) is 4.66. The first kappa shape index (κ1) is 12.1. The number of hydrogen-bond acceptors (Lipinski definition) is 1. The number of rotatable bonds is 2. The maximum atomic E-state index is 6.23. The highest BCUT2D eigenvalue weighted by molar-refractivity contribution is 6.21. The number of para-hydroxylation sites is 1. The van der Waals surface area contributed by atoms with Gasteiger partial charge in [-0.2, -0.15) is 0 Å². The molecule has 1 aromatic carbocycles. The summed E-state index contributed by atoms with van der Waals surface area (Å²) in [6.45, 7) is 0.846. The standard InChI is InChI=1S/C16H19ClO/c17-14-5-3-4-12(11-14)10-13-8-9-18-16-7-2-1-6-15(13)16/h1-2,6-7,11,13-14H,3-5,8-10H2. The Morgan fingerprint density at radius 1 is 1.22 bits per heavy atom. The number of hydrogen-bond donors (Lipinski definition) is 0. The van der Waals surface area contributed by atoms with Gasteiger partial charge in [0.2, 0.25) is 0 Å². The summed E-state index contributed by atoms with van der Waals surface area (Å²) in [4.78, 5) is 0. The van der Waals surface area contributed by atoms with E-state index in [4.69, 9.17) is 16.3 Å². The van der Waals surface area contributed by atoms with Crippen molar-refractivity contribution in [2.24, 2.45) is 0 Å². The van der Waals surface area contributed by atoms with E-state index in [9.17, 15) is 0 Å². The van der Waals surface area contributed by atoms with Crippen molar-refractivity contribution in [2.75, 3.05) is 6.61 Å². The van der Waals surface area contributed by atoms with Crippen LogP contribution in [-0.2, 0) is 0 Å². The minimum atomic E-state index is 0.254. The molecule has 0 N–H and O–H groups in total. The molecule has 2 unspecified atom stereocenters. The van der Waals surface area contributed by atoms with Crippen LogP contribution in [0.2, 0.25) is 0 Å². The molecule has 96 valence electrons. The summed E-state index contributed by atoms with van der Waals surface area (Å²) in [6, 6.07) is 8.46. The van der Waals surface area contributed by atoms with E-state index in [0.717, 1.165) is 31.6 Å². The van der Waals surface area contributed by atoms with Crippen molar-refractivity contribution < 1.29 is 4.74 Å². The topological polar surface area (TPSA) is 9.23 Å². The minimum absolute atomic E-state index is 0.254. The molecule has 0 saturated heterocycles. The maximum Gasteiger partial charge on any atom is 0.122 e. The van der Waals surface area contributed by atoms with Crippen LogP contribution in [0.4, 0.5) is 0 Å². The number of fused-ring (bicyclic) bond motifs is 1. The molecule has 2 heteroatoms. The molecule has 0 aromatic heterocycles. The summed E-state index contributed by atoms with van der Waals surface area (Å²) in [7, 11) is 0. The number of halogens is 1. The summed E-state index contributed by atoms with van der Waals surface area (Å²) >= 11 is 6.23. The van der Waals surface area contributed by atoms with Gasteiger partial charge in [-0.1, -0.05) is 29.8 Å². The average Bonchev–Trinajstić information content (AvgIpc) is 2.39. The molecular formula is C16H19ClO. The largest absolute Gasteiger partial charge is 0.493 e. The second-order valence-corrected chi connectivity index (χ2v) is 5.87. The molecular weight excluding hydrogens is 244 g/mol. The van der Waals surface area contributed by atoms with Gasteiger partial charge in [-0.05, 0) is 49.7 Å². The van der Waals surface area contributed by atoms with Gasteiger partial charge in [0.15, 0.2) is 0 Å². The summed E-state index contributed by atoms with van der Waals surface area (Å²) in [5.41, 5.74) is 2.92. The van der Waals surface area contributed by atoms with Gasteiger partial charge < -0.3 is 4.74 Å². The lowest BCUT2D eigenvalue weighted by Crippen LogP contribution is -2.15. The monoisotopic (exact) mass is 262 g/mol. The molecule has 2 aliphatic rings. The van der Waals surface area contributed by atoms with Crippen LogP contribution in [0.1, 0.15) is 43.6 Å². The van der Waals surface area contributed by atoms with E-state index in [0.29, 0.717) is 5.92 Å². The Morgan fingerprint density at radius 2 is 2.11 bits per heavy atom. The highest BCUT2D eigenvalue weighted by Gasteiger charge is 2.23. The van der Waals surface area contributed by atoms with Crippen LogP contribution in [-0.4, -0.2) is 12.0 Å². The van der Waals surface area contributed by atoms with E-state index in [1.165, 1.54) is 18.4 Å². The number of allylic oxidation sites excluding steroid dienone is 2. The lowest BCUT2D eigenvalue weighted by Gasteiger charge is -2.28. The Labute approximate surface area is 114 Å². The van der Waals surface area contributed by atoms with Crippen molar-refractivity contribution in [3.05, 3.63) is 41.5 Å². The third-order valence-corrected chi connectivity index (χ3v) is 4.33. The van der Waals surface area contributed by atoms with Crippen LogP contribution in [0.5, 0.6) is 5.75 Å². The van der Waals surface area contributed by atoms with Gasteiger partial charge in [0.1, 0.15) is 5.75 Å². The van der Waals surface area contributed by atoms with Crippen LogP contribution in [0, 0.1) is 0 Å². The van der Waals surface area contributed by atoms with Crippen molar-refractivity contribution in [1.82, 2.24) is 0 Å². The molecule has 0 spiro atoms. The highest BCUT2D eigenvalue weighted by Crippen LogP contribution is 2.39.